The molecular weight excluding hydrogens is 350 g/mol. The highest BCUT2D eigenvalue weighted by atomic mass is 32.2. The van der Waals surface area contributed by atoms with E-state index in [1.54, 1.807) is 18.0 Å². The SMILES string of the molecule is O=S(Nc1cccc2c1NCC=C2)C1C=CC=C(c2ccccn2)S1. The highest BCUT2D eigenvalue weighted by Gasteiger charge is 2.21. The van der Waals surface area contributed by atoms with Crippen LogP contribution in [-0.4, -0.2) is 20.3 Å². The van der Waals surface area contributed by atoms with Crippen LogP contribution in [0.1, 0.15) is 11.3 Å². The van der Waals surface area contributed by atoms with E-state index in [1.807, 2.05) is 54.6 Å². The van der Waals surface area contributed by atoms with Gasteiger partial charge in [0.25, 0.3) is 0 Å². The van der Waals surface area contributed by atoms with Crippen LogP contribution >= 0.6 is 11.8 Å². The number of pyridine rings is 1. The van der Waals surface area contributed by atoms with Crippen molar-refractivity contribution in [2.75, 3.05) is 16.6 Å². The average Bonchev–Trinajstić information content (AvgIpc) is 2.69. The first-order valence-electron chi connectivity index (χ1n) is 7.98. The van der Waals surface area contributed by atoms with Gasteiger partial charge in [-0.2, -0.15) is 0 Å². The molecule has 1 aromatic carbocycles. The van der Waals surface area contributed by atoms with Gasteiger partial charge in [0.05, 0.1) is 17.1 Å². The third-order valence-corrected chi connectivity index (χ3v) is 6.69. The van der Waals surface area contributed by atoms with Crippen molar-refractivity contribution >= 4 is 45.1 Å². The lowest BCUT2D eigenvalue weighted by atomic mass is 10.1. The van der Waals surface area contributed by atoms with Crippen LogP contribution in [0.25, 0.3) is 11.0 Å². The van der Waals surface area contributed by atoms with Crippen molar-refractivity contribution in [1.82, 2.24) is 4.98 Å². The molecule has 2 atom stereocenters. The number of allylic oxidation sites excluding steroid dienone is 2. The lowest BCUT2D eigenvalue weighted by Gasteiger charge is -2.21. The molecule has 1 aromatic heterocycles. The molecule has 2 unspecified atom stereocenters. The summed E-state index contributed by atoms with van der Waals surface area (Å²) in [5.41, 5.74) is 3.88. The molecule has 0 saturated carbocycles. The van der Waals surface area contributed by atoms with Crippen molar-refractivity contribution in [3.05, 3.63) is 78.2 Å². The van der Waals surface area contributed by atoms with Gasteiger partial charge < -0.3 is 10.0 Å². The standard InChI is InChI=1S/C19H17N3OS2/c23-25(22-16-9-3-6-14-7-5-13-21-19(14)16)18-11-4-10-17(24-18)15-8-1-2-12-20-15/h1-12,18,21-22H,13H2. The van der Waals surface area contributed by atoms with E-state index in [0.29, 0.717) is 0 Å². The summed E-state index contributed by atoms with van der Waals surface area (Å²) in [7, 11) is -1.26. The van der Waals surface area contributed by atoms with Crippen molar-refractivity contribution in [2.45, 2.75) is 4.58 Å². The summed E-state index contributed by atoms with van der Waals surface area (Å²) in [6, 6.07) is 11.8. The molecule has 2 aliphatic heterocycles. The van der Waals surface area contributed by atoms with Crippen molar-refractivity contribution in [3.63, 3.8) is 0 Å². The number of aromatic nitrogens is 1. The summed E-state index contributed by atoms with van der Waals surface area (Å²) in [5.74, 6) is 0. The fourth-order valence-corrected chi connectivity index (χ4v) is 5.07. The molecule has 0 bridgehead atoms. The van der Waals surface area contributed by atoms with Crippen molar-refractivity contribution in [2.24, 2.45) is 0 Å². The van der Waals surface area contributed by atoms with Gasteiger partial charge in [-0.15, -0.1) is 11.8 Å². The largest absolute Gasteiger partial charge is 0.379 e. The summed E-state index contributed by atoms with van der Waals surface area (Å²) in [6.45, 7) is 0.781. The van der Waals surface area contributed by atoms with Crippen LogP contribution < -0.4 is 10.0 Å². The molecule has 0 aliphatic carbocycles. The van der Waals surface area contributed by atoms with E-state index in [-0.39, 0.29) is 4.58 Å². The van der Waals surface area contributed by atoms with Gasteiger partial charge in [-0.05, 0) is 29.8 Å². The Bertz CT molecular complexity index is 891. The second-order valence-corrected chi connectivity index (χ2v) is 8.36. The van der Waals surface area contributed by atoms with Gasteiger partial charge in [-0.1, -0.05) is 42.5 Å². The molecule has 6 heteroatoms. The maximum atomic E-state index is 12.9. The van der Waals surface area contributed by atoms with Gasteiger partial charge in [-0.25, -0.2) is 4.21 Å². The van der Waals surface area contributed by atoms with Gasteiger partial charge in [0.15, 0.2) is 0 Å². The van der Waals surface area contributed by atoms with E-state index in [2.05, 4.69) is 27.2 Å². The number of para-hydroxylation sites is 1. The minimum Gasteiger partial charge on any atom is -0.379 e. The third kappa shape index (κ3) is 3.55. The smallest absolute Gasteiger partial charge is 0.135 e. The quantitative estimate of drug-likeness (QED) is 0.847. The first kappa shape index (κ1) is 16.2. The zero-order valence-corrected chi connectivity index (χ0v) is 15.0. The van der Waals surface area contributed by atoms with Gasteiger partial charge >= 0.3 is 0 Å². The normalized spacial score (nSPS) is 19.5. The van der Waals surface area contributed by atoms with Crippen molar-refractivity contribution in [1.29, 1.82) is 0 Å². The molecular formula is C19H17N3OS2. The Morgan fingerprint density at radius 2 is 2.20 bits per heavy atom. The van der Waals surface area contributed by atoms with Gasteiger partial charge in [0.2, 0.25) is 0 Å². The topological polar surface area (TPSA) is 54.0 Å². The Hall–Kier alpha value is -2.31. The number of rotatable bonds is 4. The summed E-state index contributed by atoms with van der Waals surface area (Å²) in [4.78, 5) is 5.41. The first-order valence-corrected chi connectivity index (χ1v) is 10.1. The Morgan fingerprint density at radius 3 is 3.08 bits per heavy atom. The molecule has 25 heavy (non-hydrogen) atoms. The molecule has 4 nitrogen and oxygen atoms in total. The van der Waals surface area contributed by atoms with Crippen LogP contribution in [0.5, 0.6) is 0 Å². The number of nitrogens with one attached hydrogen (secondary N) is 2. The molecule has 2 aliphatic rings. The second-order valence-electron chi connectivity index (χ2n) is 5.57. The van der Waals surface area contributed by atoms with E-state index in [4.69, 9.17) is 0 Å². The highest BCUT2D eigenvalue weighted by Crippen LogP contribution is 2.36. The number of thioether (sulfide) groups is 1. The van der Waals surface area contributed by atoms with Crippen LogP contribution in [0.2, 0.25) is 0 Å². The zero-order chi connectivity index (χ0) is 17.1. The molecule has 4 rings (SSSR count). The Morgan fingerprint density at radius 1 is 1.24 bits per heavy atom. The number of hydrogen-bond donors (Lipinski definition) is 2. The van der Waals surface area contributed by atoms with Gasteiger partial charge in [0, 0.05) is 17.6 Å². The Kier molecular flexibility index (Phi) is 4.72. The number of fused-ring (bicyclic) bond motifs is 1. The molecule has 2 N–H and O–H groups in total. The predicted octanol–water partition coefficient (Wildman–Crippen LogP) is 4.27. The fourth-order valence-electron chi connectivity index (χ4n) is 2.71. The van der Waals surface area contributed by atoms with E-state index in [9.17, 15) is 4.21 Å². The Balaban J connectivity index is 1.51. The second kappa shape index (κ2) is 7.29. The van der Waals surface area contributed by atoms with Crippen LogP contribution in [0.15, 0.2) is 66.9 Å². The minimum absolute atomic E-state index is 0.169. The molecule has 0 fully saturated rings. The Labute approximate surface area is 153 Å². The van der Waals surface area contributed by atoms with E-state index >= 15 is 0 Å². The number of anilines is 2. The molecule has 0 saturated heterocycles. The van der Waals surface area contributed by atoms with Crippen LogP contribution in [0.3, 0.4) is 0 Å². The molecule has 0 amide bonds. The number of nitrogens with zero attached hydrogens (tertiary/aromatic N) is 1. The predicted molar refractivity (Wildman–Crippen MR) is 108 cm³/mol. The number of hydrogen-bond acceptors (Lipinski definition) is 4. The van der Waals surface area contributed by atoms with E-state index in [1.165, 1.54) is 0 Å². The minimum atomic E-state index is -1.26. The summed E-state index contributed by atoms with van der Waals surface area (Å²) in [6.07, 6.45) is 11.9. The third-order valence-electron chi connectivity index (χ3n) is 3.89. The molecule has 0 radical (unpaired) electrons. The zero-order valence-electron chi connectivity index (χ0n) is 13.4. The fraction of sp³-hybridized carbons (Fsp3) is 0.105. The number of benzene rings is 1. The van der Waals surface area contributed by atoms with Crippen LogP contribution in [-0.2, 0) is 11.0 Å². The summed E-state index contributed by atoms with van der Waals surface area (Å²) in [5, 5.41) is 3.34. The monoisotopic (exact) mass is 367 g/mol. The molecule has 126 valence electrons. The van der Waals surface area contributed by atoms with Gasteiger partial charge in [0.1, 0.15) is 15.6 Å². The molecule has 3 heterocycles. The van der Waals surface area contributed by atoms with Crippen molar-refractivity contribution in [3.8, 4) is 0 Å². The summed E-state index contributed by atoms with van der Waals surface area (Å²) >= 11 is 1.56. The van der Waals surface area contributed by atoms with Crippen molar-refractivity contribution < 1.29 is 4.21 Å². The summed E-state index contributed by atoms with van der Waals surface area (Å²) < 4.78 is 15.9. The first-order chi connectivity index (χ1) is 12.3. The van der Waals surface area contributed by atoms with Crippen LogP contribution in [0.4, 0.5) is 11.4 Å². The van der Waals surface area contributed by atoms with E-state index in [0.717, 1.165) is 34.1 Å². The maximum Gasteiger partial charge on any atom is 0.135 e. The van der Waals surface area contributed by atoms with Gasteiger partial charge in [-0.3, -0.25) is 4.98 Å². The van der Waals surface area contributed by atoms with Crippen LogP contribution in [0, 0.1) is 0 Å². The molecule has 0 spiro atoms. The maximum absolute atomic E-state index is 12.9. The molecule has 2 aromatic rings. The van der Waals surface area contributed by atoms with E-state index < -0.39 is 11.0 Å². The average molecular weight is 367 g/mol. The lowest BCUT2D eigenvalue weighted by Crippen LogP contribution is -2.19. The lowest BCUT2D eigenvalue weighted by molar-refractivity contribution is 0.687. The highest BCUT2D eigenvalue weighted by molar-refractivity contribution is 8.18.